The van der Waals surface area contributed by atoms with Crippen LogP contribution in [0.3, 0.4) is 0 Å². The van der Waals surface area contributed by atoms with Crippen molar-refractivity contribution >= 4 is 39.3 Å². The molecule has 1 aliphatic rings. The number of rotatable bonds is 4. The molecule has 1 aromatic heterocycles. The maximum absolute atomic E-state index is 12.9. The van der Waals surface area contributed by atoms with Crippen LogP contribution < -0.4 is 10.3 Å². The number of hydrogen-bond acceptors (Lipinski definition) is 4. The molecular formula is C20H18N4O3S. The highest BCUT2D eigenvalue weighted by Crippen LogP contribution is 2.32. The highest BCUT2D eigenvalue weighted by atomic mass is 32.2. The Morgan fingerprint density at radius 1 is 1.11 bits per heavy atom. The maximum Gasteiger partial charge on any atom is 0.278 e. The monoisotopic (exact) mass is 394 g/mol. The van der Waals surface area contributed by atoms with Gasteiger partial charge in [-0.05, 0) is 43.3 Å². The van der Waals surface area contributed by atoms with Crippen LogP contribution in [0.2, 0.25) is 0 Å². The third-order valence-electron chi connectivity index (χ3n) is 4.40. The summed E-state index contributed by atoms with van der Waals surface area (Å²) in [7, 11) is -3.35. The van der Waals surface area contributed by atoms with E-state index in [-0.39, 0.29) is 5.56 Å². The van der Waals surface area contributed by atoms with Crippen LogP contribution >= 0.6 is 0 Å². The molecule has 0 aliphatic carbocycles. The van der Waals surface area contributed by atoms with Gasteiger partial charge in [0.2, 0.25) is 10.0 Å². The summed E-state index contributed by atoms with van der Waals surface area (Å²) in [6.45, 7) is 1.84. The quantitative estimate of drug-likeness (QED) is 0.712. The highest BCUT2D eigenvalue weighted by molar-refractivity contribution is 7.92. The number of nitrogens with one attached hydrogen (secondary N) is 2. The molecule has 3 aromatic rings. The zero-order valence-corrected chi connectivity index (χ0v) is 16.1. The van der Waals surface area contributed by atoms with Gasteiger partial charge in [-0.1, -0.05) is 18.2 Å². The van der Waals surface area contributed by atoms with Crippen molar-refractivity contribution in [3.63, 3.8) is 0 Å². The normalized spacial score (nSPS) is 14.4. The fourth-order valence-corrected chi connectivity index (χ4v) is 3.68. The van der Waals surface area contributed by atoms with Crippen LogP contribution in [0.4, 0.5) is 11.4 Å². The van der Waals surface area contributed by atoms with Crippen molar-refractivity contribution < 1.29 is 8.42 Å². The van der Waals surface area contributed by atoms with Gasteiger partial charge in [-0.2, -0.15) is 0 Å². The average molecular weight is 394 g/mol. The lowest BCUT2D eigenvalue weighted by molar-refractivity contribution is 0.607. The van der Waals surface area contributed by atoms with Crippen LogP contribution in [-0.2, 0) is 10.0 Å². The van der Waals surface area contributed by atoms with Gasteiger partial charge in [0.25, 0.3) is 5.56 Å². The first kappa shape index (κ1) is 18.0. The van der Waals surface area contributed by atoms with Gasteiger partial charge >= 0.3 is 0 Å². The molecule has 0 atom stereocenters. The van der Waals surface area contributed by atoms with Crippen molar-refractivity contribution in [3.05, 3.63) is 75.7 Å². The van der Waals surface area contributed by atoms with Crippen LogP contribution in [0.1, 0.15) is 16.8 Å². The Morgan fingerprint density at radius 2 is 1.82 bits per heavy atom. The largest absolute Gasteiger partial charge is 0.295 e. The molecule has 0 saturated heterocycles. The molecule has 2 aromatic carbocycles. The fraction of sp³-hybridized carbons (Fsp3) is 0.100. The standard InChI is InChI=1S/C20H18N4O3S/c1-13-18(11-14-12-21-19-6-4-3-5-17(14)19)20(25)24(22-13)16-9-7-15(8-10-16)23-28(2,26)27/h3-12,22-23H,1-2H3. The number of aliphatic imine (C=N–C) groups is 1. The van der Waals surface area contributed by atoms with E-state index in [1.807, 2.05) is 37.3 Å². The molecule has 7 nitrogen and oxygen atoms in total. The Labute approximate surface area is 162 Å². The van der Waals surface area contributed by atoms with E-state index >= 15 is 0 Å². The van der Waals surface area contributed by atoms with Gasteiger partial charge < -0.3 is 0 Å². The van der Waals surface area contributed by atoms with Gasteiger partial charge in [0.05, 0.1) is 23.2 Å². The summed E-state index contributed by atoms with van der Waals surface area (Å²) in [5.41, 5.74) is 4.90. The number of para-hydroxylation sites is 1. The molecule has 0 radical (unpaired) electrons. The zero-order chi connectivity index (χ0) is 19.9. The molecule has 0 bridgehead atoms. The summed E-state index contributed by atoms with van der Waals surface area (Å²) in [4.78, 5) is 17.3. The van der Waals surface area contributed by atoms with Gasteiger partial charge in [0.15, 0.2) is 0 Å². The van der Waals surface area contributed by atoms with E-state index in [9.17, 15) is 13.2 Å². The van der Waals surface area contributed by atoms with E-state index in [0.29, 0.717) is 16.9 Å². The number of aromatic nitrogens is 2. The second kappa shape index (κ2) is 6.65. The first-order valence-electron chi connectivity index (χ1n) is 8.57. The number of aryl methyl sites for hydroxylation is 1. The minimum atomic E-state index is -3.35. The second-order valence-electron chi connectivity index (χ2n) is 6.59. The minimum absolute atomic E-state index is 0.188. The summed E-state index contributed by atoms with van der Waals surface area (Å²) in [5.74, 6) is 0. The number of nitrogens with zero attached hydrogens (tertiary/aromatic N) is 2. The average Bonchev–Trinajstić information content (AvgIpc) is 3.17. The first-order valence-corrected chi connectivity index (χ1v) is 10.5. The van der Waals surface area contributed by atoms with Gasteiger partial charge in [-0.15, -0.1) is 0 Å². The number of aromatic amines is 1. The molecule has 0 unspecified atom stereocenters. The third kappa shape index (κ3) is 3.41. The predicted molar refractivity (Wildman–Crippen MR) is 112 cm³/mol. The number of fused-ring (bicyclic) bond motifs is 1. The molecule has 8 heteroatoms. The van der Waals surface area contributed by atoms with Gasteiger partial charge in [0, 0.05) is 28.7 Å². The van der Waals surface area contributed by atoms with E-state index in [1.165, 1.54) is 4.68 Å². The zero-order valence-electron chi connectivity index (χ0n) is 15.3. The number of H-pyrrole nitrogens is 1. The van der Waals surface area contributed by atoms with E-state index in [1.54, 1.807) is 30.5 Å². The summed E-state index contributed by atoms with van der Waals surface area (Å²) < 4.78 is 26.5. The Bertz CT molecular complexity index is 1280. The third-order valence-corrected chi connectivity index (χ3v) is 5.01. The molecule has 1 aliphatic heterocycles. The van der Waals surface area contributed by atoms with Crippen molar-refractivity contribution in [2.75, 3.05) is 11.0 Å². The topological polar surface area (TPSA) is 96.3 Å². The van der Waals surface area contributed by atoms with Crippen LogP contribution in [-0.4, -0.2) is 30.7 Å². The summed E-state index contributed by atoms with van der Waals surface area (Å²) in [6, 6.07) is 14.3. The molecule has 0 saturated carbocycles. The van der Waals surface area contributed by atoms with E-state index < -0.39 is 10.0 Å². The second-order valence-corrected chi connectivity index (χ2v) is 8.34. The SMILES string of the molecule is Cc1[nH]n(-c2ccc(NS(C)(=O)=O)cc2)c(=O)c1C=C1C=Nc2ccccc21. The number of sulfonamides is 1. The molecule has 0 fully saturated rings. The molecule has 0 spiro atoms. The van der Waals surface area contributed by atoms with Crippen LogP contribution in [0.15, 0.2) is 58.3 Å². The van der Waals surface area contributed by atoms with Crippen LogP contribution in [0, 0.1) is 6.92 Å². The summed E-state index contributed by atoms with van der Waals surface area (Å²) >= 11 is 0. The first-order chi connectivity index (χ1) is 13.3. The van der Waals surface area contributed by atoms with Crippen LogP contribution in [0.5, 0.6) is 0 Å². The fourth-order valence-electron chi connectivity index (χ4n) is 3.11. The van der Waals surface area contributed by atoms with Crippen molar-refractivity contribution in [1.82, 2.24) is 9.78 Å². The van der Waals surface area contributed by atoms with E-state index in [4.69, 9.17) is 0 Å². The van der Waals surface area contributed by atoms with Gasteiger partial charge in [-0.25, -0.2) is 13.1 Å². The molecule has 4 rings (SSSR count). The lowest BCUT2D eigenvalue weighted by Crippen LogP contribution is -2.16. The molecule has 28 heavy (non-hydrogen) atoms. The van der Waals surface area contributed by atoms with Crippen molar-refractivity contribution in [3.8, 4) is 5.69 Å². The number of hydrogen-bond donors (Lipinski definition) is 2. The van der Waals surface area contributed by atoms with E-state index in [2.05, 4.69) is 14.8 Å². The smallest absolute Gasteiger partial charge is 0.278 e. The summed E-state index contributed by atoms with van der Waals surface area (Å²) in [5, 5.41) is 3.07. The number of allylic oxidation sites excluding steroid dienone is 1. The van der Waals surface area contributed by atoms with E-state index in [0.717, 1.165) is 28.8 Å². The minimum Gasteiger partial charge on any atom is -0.295 e. The summed E-state index contributed by atoms with van der Waals surface area (Å²) in [6.07, 6.45) is 4.68. The molecule has 2 heterocycles. The van der Waals surface area contributed by atoms with Gasteiger partial charge in [0.1, 0.15) is 0 Å². The maximum atomic E-state index is 12.9. The van der Waals surface area contributed by atoms with Crippen molar-refractivity contribution in [2.24, 2.45) is 4.99 Å². The lowest BCUT2D eigenvalue weighted by Gasteiger charge is -2.05. The molecule has 0 amide bonds. The lowest BCUT2D eigenvalue weighted by atomic mass is 10.0. The Balaban J connectivity index is 1.70. The molecule has 2 N–H and O–H groups in total. The highest BCUT2D eigenvalue weighted by Gasteiger charge is 2.15. The van der Waals surface area contributed by atoms with Crippen molar-refractivity contribution in [1.29, 1.82) is 0 Å². The molecule has 142 valence electrons. The number of benzene rings is 2. The Morgan fingerprint density at radius 3 is 2.54 bits per heavy atom. The van der Waals surface area contributed by atoms with Gasteiger partial charge in [-0.3, -0.25) is 19.6 Å². The molecular weight excluding hydrogens is 376 g/mol. The Kier molecular flexibility index (Phi) is 4.27. The predicted octanol–water partition coefficient (Wildman–Crippen LogP) is 3.10. The van der Waals surface area contributed by atoms with Crippen LogP contribution in [0.25, 0.3) is 17.3 Å². The Hall–Kier alpha value is -3.39. The van der Waals surface area contributed by atoms with Crippen molar-refractivity contribution in [2.45, 2.75) is 6.92 Å². The number of anilines is 1.